The second-order valence-corrected chi connectivity index (χ2v) is 7.48. The van der Waals surface area contributed by atoms with Gasteiger partial charge in [-0.15, -0.1) is 0 Å². The van der Waals surface area contributed by atoms with Gasteiger partial charge in [0.2, 0.25) is 11.5 Å². The van der Waals surface area contributed by atoms with Crippen molar-refractivity contribution in [2.75, 3.05) is 6.61 Å². The molecule has 14 heteroatoms. The van der Waals surface area contributed by atoms with E-state index >= 15 is 0 Å². The molecule has 2 aliphatic heterocycles. The third-order valence-corrected chi connectivity index (χ3v) is 5.29. The topological polar surface area (TPSA) is 115 Å². The molecule has 1 aromatic rings. The maximum Gasteiger partial charge on any atom is 0.428 e. The molecule has 1 atom stereocenters. The first-order valence-corrected chi connectivity index (χ1v) is 8.37. The Kier molecular flexibility index (Phi) is 4.72. The Labute approximate surface area is 169 Å². The average Bonchev–Trinajstić information content (AvgIpc) is 3.20. The van der Waals surface area contributed by atoms with Crippen LogP contribution in [-0.2, 0) is 26.2 Å². The molecule has 0 aliphatic carbocycles. The van der Waals surface area contributed by atoms with Crippen molar-refractivity contribution in [2.45, 2.75) is 49.2 Å². The van der Waals surface area contributed by atoms with Crippen molar-refractivity contribution < 1.29 is 64.8 Å². The van der Waals surface area contributed by atoms with Crippen LogP contribution in [0.1, 0.15) is 25.4 Å². The Hall–Kier alpha value is -2.74. The minimum Gasteiger partial charge on any atom is -0.502 e. The van der Waals surface area contributed by atoms with Gasteiger partial charge < -0.3 is 28.8 Å². The van der Waals surface area contributed by atoms with Gasteiger partial charge in [-0.2, -0.15) is 26.3 Å². The molecule has 8 nitrogen and oxygen atoms in total. The van der Waals surface area contributed by atoms with Crippen molar-refractivity contribution >= 4 is 11.9 Å². The summed E-state index contributed by atoms with van der Waals surface area (Å²) in [6.45, 7) is 2.71. The summed E-state index contributed by atoms with van der Waals surface area (Å²) in [5.41, 5.74) is -9.31. The van der Waals surface area contributed by atoms with Gasteiger partial charge in [-0.1, -0.05) is 0 Å². The first-order valence-electron chi connectivity index (χ1n) is 8.37. The van der Waals surface area contributed by atoms with Crippen LogP contribution in [0.25, 0.3) is 0 Å². The number of aliphatic hydroxyl groups is 2. The Balaban J connectivity index is 1.93. The molecule has 0 amide bonds. The monoisotopic (exact) mass is 460 g/mol. The zero-order chi connectivity index (χ0) is 23.8. The molecule has 0 radical (unpaired) electrons. The lowest BCUT2D eigenvalue weighted by molar-refractivity contribution is -0.383. The molecule has 2 aliphatic rings. The Morgan fingerprint density at radius 2 is 1.74 bits per heavy atom. The van der Waals surface area contributed by atoms with E-state index in [1.165, 1.54) is 0 Å². The van der Waals surface area contributed by atoms with Gasteiger partial charge in [0.05, 0.1) is 12.2 Å². The molecule has 172 valence electrons. The van der Waals surface area contributed by atoms with Gasteiger partial charge in [0.15, 0.2) is 22.7 Å². The number of hydrogen-bond donors (Lipinski definition) is 2. The number of fused-ring (bicyclic) bond motifs is 1. The lowest BCUT2D eigenvalue weighted by Crippen LogP contribution is -2.63. The van der Waals surface area contributed by atoms with Gasteiger partial charge in [-0.3, -0.25) is 4.79 Å². The number of esters is 2. The highest BCUT2D eigenvalue weighted by Gasteiger charge is 2.73. The summed E-state index contributed by atoms with van der Waals surface area (Å²) in [5, 5.41) is 18.4. The summed E-state index contributed by atoms with van der Waals surface area (Å²) in [7, 11) is 0. The zero-order valence-corrected chi connectivity index (χ0v) is 15.7. The molecule has 0 aromatic carbocycles. The standard InChI is InChI=1S/C17H14F6O8/c1-6(24)11(25)30-8-7-4-14(10(29-7)9(8)31-12(14)26)13(2,3)28-5-15(27,16(18,19)20)17(21,22)23/h24,27H,1,4-5H2,2-3H3. The van der Waals surface area contributed by atoms with E-state index in [0.717, 1.165) is 13.8 Å². The lowest BCUT2D eigenvalue weighted by atomic mass is 9.69. The van der Waals surface area contributed by atoms with Crippen LogP contribution in [0.4, 0.5) is 26.3 Å². The molecular weight excluding hydrogens is 446 g/mol. The van der Waals surface area contributed by atoms with Gasteiger partial charge >= 0.3 is 24.3 Å². The molecule has 2 bridgehead atoms. The lowest BCUT2D eigenvalue weighted by Gasteiger charge is -2.40. The molecular formula is C17H14F6O8. The fraction of sp³-hybridized carbons (Fsp3) is 0.529. The largest absolute Gasteiger partial charge is 0.502 e. The van der Waals surface area contributed by atoms with Crippen molar-refractivity contribution in [2.24, 2.45) is 0 Å². The van der Waals surface area contributed by atoms with E-state index in [-0.39, 0.29) is 11.5 Å². The van der Waals surface area contributed by atoms with E-state index in [9.17, 15) is 41.0 Å². The zero-order valence-electron chi connectivity index (χ0n) is 15.7. The first-order chi connectivity index (χ1) is 13.9. The van der Waals surface area contributed by atoms with Crippen LogP contribution >= 0.6 is 0 Å². The van der Waals surface area contributed by atoms with Crippen LogP contribution < -0.4 is 9.47 Å². The van der Waals surface area contributed by atoms with E-state index in [2.05, 4.69) is 6.58 Å². The number of aliphatic hydroxyl groups excluding tert-OH is 1. The number of carbonyl (C=O) groups is 2. The van der Waals surface area contributed by atoms with Crippen molar-refractivity contribution in [3.05, 3.63) is 23.9 Å². The highest BCUT2D eigenvalue weighted by molar-refractivity contribution is 5.96. The number of carbonyl (C=O) groups excluding carboxylic acids is 2. The van der Waals surface area contributed by atoms with Gasteiger partial charge in [-0.05, 0) is 20.4 Å². The van der Waals surface area contributed by atoms with Crippen molar-refractivity contribution in [1.82, 2.24) is 0 Å². The molecule has 0 fully saturated rings. The molecule has 0 saturated carbocycles. The third kappa shape index (κ3) is 2.99. The van der Waals surface area contributed by atoms with E-state index in [0.29, 0.717) is 0 Å². The van der Waals surface area contributed by atoms with Gasteiger partial charge in [-0.25, -0.2) is 4.79 Å². The molecule has 0 spiro atoms. The van der Waals surface area contributed by atoms with Gasteiger partial charge in [0.1, 0.15) is 0 Å². The molecule has 3 rings (SSSR count). The predicted molar refractivity (Wildman–Crippen MR) is 84.2 cm³/mol. The Bertz CT molecular complexity index is 958. The fourth-order valence-corrected chi connectivity index (χ4v) is 3.32. The maximum atomic E-state index is 12.9. The quantitative estimate of drug-likeness (QED) is 0.288. The van der Waals surface area contributed by atoms with Crippen LogP contribution in [0.3, 0.4) is 0 Å². The molecule has 0 saturated heterocycles. The minimum atomic E-state index is -6.12. The van der Waals surface area contributed by atoms with Crippen molar-refractivity contribution in [3.8, 4) is 11.5 Å². The highest BCUT2D eigenvalue weighted by atomic mass is 19.4. The number of alkyl halides is 6. The Morgan fingerprint density at radius 1 is 1.19 bits per heavy atom. The van der Waals surface area contributed by atoms with Crippen molar-refractivity contribution in [3.63, 3.8) is 0 Å². The number of furan rings is 1. The first kappa shape index (κ1) is 22.9. The number of halogens is 6. The van der Waals surface area contributed by atoms with E-state index in [1.54, 1.807) is 0 Å². The van der Waals surface area contributed by atoms with Crippen LogP contribution in [0, 0.1) is 0 Å². The summed E-state index contributed by atoms with van der Waals surface area (Å²) in [4.78, 5) is 24.1. The predicted octanol–water partition coefficient (Wildman–Crippen LogP) is 2.62. The van der Waals surface area contributed by atoms with Crippen LogP contribution in [0.2, 0.25) is 0 Å². The SMILES string of the molecule is C=C(O)C(=O)Oc1c2oc3c1OC(=O)C3(C(C)(C)OCC(O)(C(F)(F)F)C(F)(F)F)C2. The van der Waals surface area contributed by atoms with Crippen LogP contribution in [0.5, 0.6) is 11.5 Å². The highest BCUT2D eigenvalue weighted by Crippen LogP contribution is 2.61. The Morgan fingerprint density at radius 3 is 2.23 bits per heavy atom. The minimum absolute atomic E-state index is 0.191. The number of rotatable bonds is 6. The summed E-state index contributed by atoms with van der Waals surface area (Å²) in [5.74, 6) is -4.80. The van der Waals surface area contributed by atoms with E-state index in [4.69, 9.17) is 23.7 Å². The normalized spacial score (nSPS) is 20.7. The van der Waals surface area contributed by atoms with Crippen molar-refractivity contribution in [1.29, 1.82) is 0 Å². The molecule has 1 aromatic heterocycles. The summed E-state index contributed by atoms with van der Waals surface area (Å²) in [6.07, 6.45) is -12.7. The number of ether oxygens (including phenoxy) is 3. The summed E-state index contributed by atoms with van der Waals surface area (Å²) >= 11 is 0. The molecule has 2 N–H and O–H groups in total. The molecule has 31 heavy (non-hydrogen) atoms. The van der Waals surface area contributed by atoms with E-state index in [1.807, 2.05) is 0 Å². The maximum absolute atomic E-state index is 12.9. The average molecular weight is 460 g/mol. The molecule has 3 heterocycles. The second kappa shape index (κ2) is 6.38. The fourth-order valence-electron chi connectivity index (χ4n) is 3.32. The second-order valence-electron chi connectivity index (χ2n) is 7.48. The van der Waals surface area contributed by atoms with Crippen LogP contribution in [0.15, 0.2) is 16.8 Å². The number of hydrogen-bond acceptors (Lipinski definition) is 8. The summed E-state index contributed by atoms with van der Waals surface area (Å²) in [6, 6.07) is 0. The van der Waals surface area contributed by atoms with E-state index < -0.39 is 71.2 Å². The molecule has 1 unspecified atom stereocenters. The summed E-state index contributed by atoms with van der Waals surface area (Å²) < 4.78 is 97.6. The third-order valence-electron chi connectivity index (χ3n) is 5.29. The van der Waals surface area contributed by atoms with Gasteiger partial charge in [0.25, 0.3) is 5.60 Å². The van der Waals surface area contributed by atoms with Crippen LogP contribution in [-0.4, -0.2) is 52.3 Å². The van der Waals surface area contributed by atoms with Gasteiger partial charge in [0, 0.05) is 6.42 Å². The smallest absolute Gasteiger partial charge is 0.428 e.